The molecule has 0 spiro atoms. The Labute approximate surface area is 213 Å². The minimum Gasteiger partial charge on any atom is -0.478 e. The first kappa shape index (κ1) is 24.6. The van der Waals surface area contributed by atoms with Crippen LogP contribution in [0.25, 0.3) is 39.0 Å². The van der Waals surface area contributed by atoms with Crippen LogP contribution in [0.15, 0.2) is 65.4 Å². The van der Waals surface area contributed by atoms with Crippen LogP contribution >= 0.6 is 0 Å². The largest absolute Gasteiger partial charge is 0.573 e. The Hall–Kier alpha value is -5.11. The van der Waals surface area contributed by atoms with Gasteiger partial charge in [-0.15, -0.1) is 13.2 Å². The molecule has 5 rings (SSSR count). The molecule has 5 aromatic rings. The number of aryl methyl sites for hydroxylation is 2. The molecule has 0 atom stereocenters. The van der Waals surface area contributed by atoms with Crippen molar-refractivity contribution in [2.45, 2.75) is 20.2 Å². The lowest BCUT2D eigenvalue weighted by Gasteiger charge is -2.14. The van der Waals surface area contributed by atoms with Crippen molar-refractivity contribution in [3.63, 3.8) is 0 Å². The summed E-state index contributed by atoms with van der Waals surface area (Å²) in [5.74, 6) is -1.52. The van der Waals surface area contributed by atoms with E-state index in [0.29, 0.717) is 50.4 Å². The quantitative estimate of drug-likeness (QED) is 0.285. The number of hydrogen-bond acceptors (Lipinski definition) is 6. The molecule has 0 aliphatic carbocycles. The number of pyridine rings is 1. The van der Waals surface area contributed by atoms with Crippen LogP contribution in [0.4, 0.5) is 13.2 Å². The average Bonchev–Trinajstić information content (AvgIpc) is 3.42. The first-order valence-electron chi connectivity index (χ1n) is 11.1. The van der Waals surface area contributed by atoms with Crippen LogP contribution in [0.2, 0.25) is 0 Å². The fourth-order valence-electron chi connectivity index (χ4n) is 4.33. The lowest BCUT2D eigenvalue weighted by molar-refractivity contribution is -0.274. The highest BCUT2D eigenvalue weighted by atomic mass is 19.4. The molecule has 0 aliphatic heterocycles. The Bertz CT molecular complexity index is 1730. The van der Waals surface area contributed by atoms with Crippen molar-refractivity contribution in [1.29, 1.82) is 5.26 Å². The molecule has 1 N–H and O–H groups in total. The summed E-state index contributed by atoms with van der Waals surface area (Å²) >= 11 is 0. The zero-order valence-corrected chi connectivity index (χ0v) is 19.9. The third kappa shape index (κ3) is 4.43. The molecule has 0 bridgehead atoms. The number of carbonyl (C=O) groups is 1. The van der Waals surface area contributed by atoms with E-state index in [1.165, 1.54) is 12.1 Å². The van der Waals surface area contributed by atoms with Gasteiger partial charge in [-0.2, -0.15) is 5.26 Å². The van der Waals surface area contributed by atoms with Gasteiger partial charge >= 0.3 is 12.3 Å². The first-order valence-corrected chi connectivity index (χ1v) is 11.1. The maximum absolute atomic E-state index is 13.3. The number of ether oxygens (including phenoxy) is 1. The second-order valence-electron chi connectivity index (χ2n) is 8.43. The van der Waals surface area contributed by atoms with Gasteiger partial charge in [0.15, 0.2) is 0 Å². The fourth-order valence-corrected chi connectivity index (χ4v) is 4.33. The zero-order valence-electron chi connectivity index (χ0n) is 19.9. The predicted octanol–water partition coefficient (Wildman–Crippen LogP) is 6.43. The standard InChI is InChI=1S/C27H17F3N4O4/c1-14-24(15(2)38-33-14)18-9-21-22(20-8-5-17(26(35)36)10-23(20)37-27(28,29)30)13-34(25(21)32-12-18)19-6-3-16(11-31)4-7-19/h3-10,12-13H,1-2H3,(H,35,36). The summed E-state index contributed by atoms with van der Waals surface area (Å²) in [4.78, 5) is 16.1. The number of aromatic carboxylic acids is 1. The lowest BCUT2D eigenvalue weighted by atomic mass is 10.00. The molecular formula is C27H17F3N4O4. The van der Waals surface area contributed by atoms with E-state index in [0.717, 1.165) is 6.07 Å². The summed E-state index contributed by atoms with van der Waals surface area (Å²) in [6.45, 7) is 3.50. The number of carboxylic acids is 1. The monoisotopic (exact) mass is 518 g/mol. The van der Waals surface area contributed by atoms with Crippen LogP contribution < -0.4 is 4.74 Å². The van der Waals surface area contributed by atoms with Gasteiger partial charge in [0.2, 0.25) is 0 Å². The Morgan fingerprint density at radius 3 is 2.45 bits per heavy atom. The van der Waals surface area contributed by atoms with Gasteiger partial charge in [-0.25, -0.2) is 9.78 Å². The highest BCUT2D eigenvalue weighted by Crippen LogP contribution is 2.41. The van der Waals surface area contributed by atoms with Crippen LogP contribution in [0.5, 0.6) is 5.75 Å². The molecule has 0 saturated heterocycles. The van der Waals surface area contributed by atoms with Crippen LogP contribution in [0.1, 0.15) is 27.4 Å². The SMILES string of the molecule is Cc1noc(C)c1-c1cnc2c(c1)c(-c1ccc(C(=O)O)cc1OC(F)(F)F)cn2-c1ccc(C#N)cc1. The first-order chi connectivity index (χ1) is 18.1. The minimum absolute atomic E-state index is 0.0161. The number of hydrogen-bond donors (Lipinski definition) is 1. The molecule has 0 fully saturated rings. The maximum Gasteiger partial charge on any atom is 0.573 e. The average molecular weight is 518 g/mol. The second kappa shape index (κ2) is 9.08. The van der Waals surface area contributed by atoms with Gasteiger partial charge in [0.05, 0.1) is 22.9 Å². The number of nitrogens with zero attached hydrogens (tertiary/aromatic N) is 4. The van der Waals surface area contributed by atoms with Crippen molar-refractivity contribution in [2.24, 2.45) is 0 Å². The maximum atomic E-state index is 13.3. The fraction of sp³-hybridized carbons (Fsp3) is 0.111. The highest BCUT2D eigenvalue weighted by molar-refractivity contribution is 6.00. The van der Waals surface area contributed by atoms with Gasteiger partial charge in [-0.1, -0.05) is 5.16 Å². The molecule has 0 saturated carbocycles. The molecule has 0 radical (unpaired) electrons. The molecular weight excluding hydrogens is 501 g/mol. The van der Waals surface area contributed by atoms with Crippen molar-refractivity contribution >= 4 is 17.0 Å². The van der Waals surface area contributed by atoms with E-state index >= 15 is 0 Å². The molecule has 0 unspecified atom stereocenters. The summed E-state index contributed by atoms with van der Waals surface area (Å²) < 4.78 is 51.2. The summed E-state index contributed by atoms with van der Waals surface area (Å²) in [5, 5.41) is 22.9. The number of carboxylic acid groups (broad SMARTS) is 1. The van der Waals surface area contributed by atoms with Crippen LogP contribution in [-0.4, -0.2) is 32.1 Å². The van der Waals surface area contributed by atoms with Gasteiger partial charge in [0, 0.05) is 45.7 Å². The van der Waals surface area contributed by atoms with Crippen LogP contribution in [0, 0.1) is 25.2 Å². The summed E-state index contributed by atoms with van der Waals surface area (Å²) in [6, 6.07) is 13.7. The highest BCUT2D eigenvalue weighted by Gasteiger charge is 2.33. The van der Waals surface area contributed by atoms with Crippen molar-refractivity contribution in [3.8, 4) is 39.8 Å². The van der Waals surface area contributed by atoms with E-state index in [4.69, 9.17) is 9.78 Å². The number of aromatic nitrogens is 3. The Morgan fingerprint density at radius 1 is 1.11 bits per heavy atom. The lowest BCUT2D eigenvalue weighted by Crippen LogP contribution is -2.18. The van der Waals surface area contributed by atoms with Crippen molar-refractivity contribution in [1.82, 2.24) is 14.7 Å². The number of rotatable bonds is 5. The second-order valence-corrected chi connectivity index (χ2v) is 8.43. The van der Waals surface area contributed by atoms with E-state index in [2.05, 4.69) is 14.9 Å². The van der Waals surface area contributed by atoms with Crippen LogP contribution in [-0.2, 0) is 0 Å². The number of alkyl halides is 3. The van der Waals surface area contributed by atoms with Crippen LogP contribution in [0.3, 0.4) is 0 Å². The molecule has 2 aromatic carbocycles. The van der Waals surface area contributed by atoms with Crippen molar-refractivity contribution < 1.29 is 32.3 Å². The minimum atomic E-state index is -5.06. The molecule has 0 aliphatic rings. The molecule has 11 heteroatoms. The third-order valence-corrected chi connectivity index (χ3v) is 5.98. The third-order valence-electron chi connectivity index (χ3n) is 5.98. The predicted molar refractivity (Wildman–Crippen MR) is 130 cm³/mol. The van der Waals surface area contributed by atoms with Gasteiger partial charge in [0.25, 0.3) is 0 Å². The molecule has 3 heterocycles. The van der Waals surface area contributed by atoms with E-state index in [1.807, 2.05) is 6.07 Å². The molecule has 190 valence electrons. The zero-order chi connectivity index (χ0) is 27.2. The molecule has 3 aromatic heterocycles. The van der Waals surface area contributed by atoms with Gasteiger partial charge in [-0.3, -0.25) is 0 Å². The van der Waals surface area contributed by atoms with E-state index in [1.54, 1.807) is 61.1 Å². The molecule has 38 heavy (non-hydrogen) atoms. The normalized spacial score (nSPS) is 11.5. The van der Waals surface area contributed by atoms with Gasteiger partial charge in [-0.05, 0) is 62.4 Å². The van der Waals surface area contributed by atoms with E-state index < -0.39 is 18.1 Å². The Morgan fingerprint density at radius 2 is 1.84 bits per heavy atom. The topological polar surface area (TPSA) is 114 Å². The Kier molecular flexibility index (Phi) is 5.87. The number of halogens is 3. The number of nitriles is 1. The molecule has 0 amide bonds. The Balaban J connectivity index is 1.80. The summed E-state index contributed by atoms with van der Waals surface area (Å²) in [6.07, 6.45) is -1.86. The van der Waals surface area contributed by atoms with Gasteiger partial charge < -0.3 is 18.9 Å². The van der Waals surface area contributed by atoms with E-state index in [9.17, 15) is 23.1 Å². The summed E-state index contributed by atoms with van der Waals surface area (Å²) in [7, 11) is 0. The van der Waals surface area contributed by atoms with Crippen molar-refractivity contribution in [2.75, 3.05) is 0 Å². The van der Waals surface area contributed by atoms with Gasteiger partial charge in [0.1, 0.15) is 17.2 Å². The van der Waals surface area contributed by atoms with E-state index in [-0.39, 0.29) is 11.1 Å². The molecule has 8 nitrogen and oxygen atoms in total. The number of benzene rings is 2. The summed E-state index contributed by atoms with van der Waals surface area (Å²) in [5.41, 5.74) is 3.38. The van der Waals surface area contributed by atoms with Crippen molar-refractivity contribution in [3.05, 3.63) is 83.5 Å². The smallest absolute Gasteiger partial charge is 0.478 e. The number of fused-ring (bicyclic) bond motifs is 1.